The van der Waals surface area contributed by atoms with Crippen molar-refractivity contribution in [2.24, 2.45) is 7.05 Å². The van der Waals surface area contributed by atoms with Crippen molar-refractivity contribution in [3.63, 3.8) is 0 Å². The number of amides is 2. The van der Waals surface area contributed by atoms with Crippen LogP contribution in [-0.2, 0) is 18.4 Å². The molecule has 0 atom stereocenters. The molecule has 0 aliphatic rings. The summed E-state index contributed by atoms with van der Waals surface area (Å²) in [4.78, 5) is 29.8. The molecule has 152 valence electrons. The molecule has 0 unspecified atom stereocenters. The van der Waals surface area contributed by atoms with Gasteiger partial charge < -0.3 is 14.4 Å². The van der Waals surface area contributed by atoms with E-state index in [0.29, 0.717) is 18.7 Å². The van der Waals surface area contributed by atoms with Gasteiger partial charge in [0.2, 0.25) is 5.91 Å². The van der Waals surface area contributed by atoms with Crippen LogP contribution in [0.15, 0.2) is 42.6 Å². The van der Waals surface area contributed by atoms with Crippen molar-refractivity contribution in [2.45, 2.75) is 53.1 Å². The topological polar surface area (TPSA) is 45.6 Å². The van der Waals surface area contributed by atoms with Gasteiger partial charge in [0.15, 0.2) is 0 Å². The van der Waals surface area contributed by atoms with E-state index >= 15 is 0 Å². The summed E-state index contributed by atoms with van der Waals surface area (Å²) in [6.45, 7) is 9.31. The lowest BCUT2D eigenvalue weighted by Gasteiger charge is -2.30. The SMILES string of the molecule is CCCCN(Cc1cccn1C)C(=O)CN(C(=O)c1ccccc1C)C(C)C. The van der Waals surface area contributed by atoms with Crippen LogP contribution in [0.1, 0.15) is 55.2 Å². The van der Waals surface area contributed by atoms with E-state index in [0.717, 1.165) is 24.1 Å². The molecule has 2 amide bonds. The van der Waals surface area contributed by atoms with Gasteiger partial charge >= 0.3 is 0 Å². The first-order chi connectivity index (χ1) is 13.3. The summed E-state index contributed by atoms with van der Waals surface area (Å²) in [7, 11) is 1.99. The number of unbranched alkanes of at least 4 members (excludes halogenated alkanes) is 1. The van der Waals surface area contributed by atoms with Crippen LogP contribution in [0.5, 0.6) is 0 Å². The highest BCUT2D eigenvalue weighted by Gasteiger charge is 2.25. The lowest BCUT2D eigenvalue weighted by molar-refractivity contribution is -0.133. The summed E-state index contributed by atoms with van der Waals surface area (Å²) in [5.41, 5.74) is 2.68. The monoisotopic (exact) mass is 383 g/mol. The third kappa shape index (κ3) is 5.47. The fourth-order valence-corrected chi connectivity index (χ4v) is 3.20. The Morgan fingerprint density at radius 2 is 1.82 bits per heavy atom. The molecule has 2 rings (SSSR count). The molecule has 0 spiro atoms. The molecule has 0 aliphatic heterocycles. The van der Waals surface area contributed by atoms with E-state index in [4.69, 9.17) is 0 Å². The molecule has 0 saturated heterocycles. The molecular formula is C23H33N3O2. The molecular weight excluding hydrogens is 350 g/mol. The van der Waals surface area contributed by atoms with Gasteiger partial charge in [-0.1, -0.05) is 31.5 Å². The zero-order chi connectivity index (χ0) is 20.7. The van der Waals surface area contributed by atoms with Crippen molar-refractivity contribution in [2.75, 3.05) is 13.1 Å². The number of aromatic nitrogens is 1. The van der Waals surface area contributed by atoms with Gasteiger partial charge in [-0.15, -0.1) is 0 Å². The minimum Gasteiger partial charge on any atom is -0.353 e. The number of aryl methyl sites for hydroxylation is 2. The number of nitrogens with zero attached hydrogens (tertiary/aromatic N) is 3. The number of carbonyl (C=O) groups is 2. The third-order valence-electron chi connectivity index (χ3n) is 5.10. The number of hydrogen-bond donors (Lipinski definition) is 0. The first-order valence-corrected chi connectivity index (χ1v) is 10.1. The van der Waals surface area contributed by atoms with E-state index in [-0.39, 0.29) is 24.4 Å². The molecule has 1 heterocycles. The largest absolute Gasteiger partial charge is 0.353 e. The third-order valence-corrected chi connectivity index (χ3v) is 5.10. The van der Waals surface area contributed by atoms with Crippen LogP contribution in [0.4, 0.5) is 0 Å². The van der Waals surface area contributed by atoms with Crippen molar-refractivity contribution in [1.29, 1.82) is 0 Å². The van der Waals surface area contributed by atoms with Crippen LogP contribution in [0.25, 0.3) is 0 Å². The number of hydrogen-bond acceptors (Lipinski definition) is 2. The molecule has 28 heavy (non-hydrogen) atoms. The number of carbonyl (C=O) groups excluding carboxylic acids is 2. The minimum absolute atomic E-state index is 0.00900. The molecule has 0 N–H and O–H groups in total. The molecule has 0 aliphatic carbocycles. The van der Waals surface area contributed by atoms with Gasteiger partial charge in [0.05, 0.1) is 6.54 Å². The van der Waals surface area contributed by atoms with Crippen LogP contribution in [0, 0.1) is 6.92 Å². The second-order valence-electron chi connectivity index (χ2n) is 7.62. The lowest BCUT2D eigenvalue weighted by Crippen LogP contribution is -2.46. The summed E-state index contributed by atoms with van der Waals surface area (Å²) >= 11 is 0. The predicted octanol–water partition coefficient (Wildman–Crippen LogP) is 4.01. The Balaban J connectivity index is 2.18. The summed E-state index contributed by atoms with van der Waals surface area (Å²) < 4.78 is 2.03. The van der Waals surface area contributed by atoms with E-state index in [9.17, 15) is 9.59 Å². The standard InChI is InChI=1S/C23H33N3O2/c1-6-7-15-25(16-20-12-10-14-24(20)5)22(27)17-26(18(2)3)23(28)21-13-9-8-11-19(21)4/h8-14,18H,6-7,15-17H2,1-5H3. The Bertz CT molecular complexity index is 795. The van der Waals surface area contributed by atoms with Gasteiger partial charge in [0.25, 0.3) is 5.91 Å². The second kappa shape index (κ2) is 10.1. The van der Waals surface area contributed by atoms with E-state index in [2.05, 4.69) is 6.92 Å². The average Bonchev–Trinajstić information content (AvgIpc) is 3.07. The molecule has 0 radical (unpaired) electrons. The van der Waals surface area contributed by atoms with Crippen molar-refractivity contribution in [3.05, 3.63) is 59.4 Å². The van der Waals surface area contributed by atoms with Crippen LogP contribution >= 0.6 is 0 Å². The van der Waals surface area contributed by atoms with Gasteiger partial charge in [-0.05, 0) is 51.0 Å². The molecule has 0 saturated carbocycles. The van der Waals surface area contributed by atoms with Gasteiger partial charge in [0.1, 0.15) is 6.54 Å². The second-order valence-corrected chi connectivity index (χ2v) is 7.62. The first kappa shape index (κ1) is 21.7. The van der Waals surface area contributed by atoms with Crippen molar-refractivity contribution in [3.8, 4) is 0 Å². The highest BCUT2D eigenvalue weighted by molar-refractivity contribution is 5.97. The zero-order valence-corrected chi connectivity index (χ0v) is 17.8. The molecule has 0 fully saturated rings. The fourth-order valence-electron chi connectivity index (χ4n) is 3.20. The molecule has 1 aromatic carbocycles. The maximum absolute atomic E-state index is 13.1. The Hall–Kier alpha value is -2.56. The lowest BCUT2D eigenvalue weighted by atomic mass is 10.1. The maximum Gasteiger partial charge on any atom is 0.254 e. The van der Waals surface area contributed by atoms with Crippen LogP contribution < -0.4 is 0 Å². The highest BCUT2D eigenvalue weighted by atomic mass is 16.2. The summed E-state index contributed by atoms with van der Waals surface area (Å²) in [6, 6.07) is 11.5. The smallest absolute Gasteiger partial charge is 0.254 e. The summed E-state index contributed by atoms with van der Waals surface area (Å²) in [6.07, 6.45) is 3.95. The number of benzene rings is 1. The maximum atomic E-state index is 13.1. The highest BCUT2D eigenvalue weighted by Crippen LogP contribution is 2.14. The van der Waals surface area contributed by atoms with Gasteiger partial charge in [-0.2, -0.15) is 0 Å². The molecule has 1 aromatic heterocycles. The quantitative estimate of drug-likeness (QED) is 0.657. The molecule has 0 bridgehead atoms. The van der Waals surface area contributed by atoms with Gasteiger partial charge in [-0.25, -0.2) is 0 Å². The number of rotatable bonds is 9. The van der Waals surface area contributed by atoms with Gasteiger partial charge in [-0.3, -0.25) is 9.59 Å². The fraction of sp³-hybridized carbons (Fsp3) is 0.478. The first-order valence-electron chi connectivity index (χ1n) is 10.1. The Morgan fingerprint density at radius 1 is 1.11 bits per heavy atom. The summed E-state index contributed by atoms with van der Waals surface area (Å²) in [5.74, 6) is -0.0963. The normalized spacial score (nSPS) is 10.9. The summed E-state index contributed by atoms with van der Waals surface area (Å²) in [5, 5.41) is 0. The molecule has 5 heteroatoms. The van der Waals surface area contributed by atoms with Crippen LogP contribution in [0.3, 0.4) is 0 Å². The minimum atomic E-state index is -0.0873. The predicted molar refractivity (Wildman–Crippen MR) is 113 cm³/mol. The van der Waals surface area contributed by atoms with Crippen molar-refractivity contribution >= 4 is 11.8 Å². The molecule has 2 aromatic rings. The van der Waals surface area contributed by atoms with Crippen molar-refractivity contribution in [1.82, 2.24) is 14.4 Å². The van der Waals surface area contributed by atoms with E-state index in [1.54, 1.807) is 4.90 Å². The van der Waals surface area contributed by atoms with Gasteiger partial charge in [0, 0.05) is 37.1 Å². The van der Waals surface area contributed by atoms with Crippen LogP contribution in [-0.4, -0.2) is 45.3 Å². The van der Waals surface area contributed by atoms with E-state index in [1.165, 1.54) is 0 Å². The van der Waals surface area contributed by atoms with Crippen molar-refractivity contribution < 1.29 is 9.59 Å². The molecule has 5 nitrogen and oxygen atoms in total. The van der Waals surface area contributed by atoms with E-state index < -0.39 is 0 Å². The van der Waals surface area contributed by atoms with Crippen LogP contribution in [0.2, 0.25) is 0 Å². The Kier molecular flexibility index (Phi) is 7.85. The Labute approximate surface area is 168 Å². The zero-order valence-electron chi connectivity index (χ0n) is 17.8. The average molecular weight is 384 g/mol. The Morgan fingerprint density at radius 3 is 2.39 bits per heavy atom. The van der Waals surface area contributed by atoms with E-state index in [1.807, 2.05) is 79.9 Å².